The van der Waals surface area contributed by atoms with E-state index in [1.165, 1.54) is 0 Å². The van der Waals surface area contributed by atoms with E-state index >= 15 is 0 Å². The van der Waals surface area contributed by atoms with Crippen LogP contribution in [-0.2, 0) is 0 Å². The maximum atomic E-state index is 5.47. The van der Waals surface area contributed by atoms with Crippen molar-refractivity contribution in [3.8, 4) is 0 Å². The van der Waals surface area contributed by atoms with Gasteiger partial charge in [0.2, 0.25) is 0 Å². The molecule has 2 N–H and O–H groups in total. The molecule has 0 saturated carbocycles. The summed E-state index contributed by atoms with van der Waals surface area (Å²) < 4.78 is 0.958. The highest BCUT2D eigenvalue weighted by atomic mass is 79.9. The summed E-state index contributed by atoms with van der Waals surface area (Å²) in [5.41, 5.74) is 6.26. The molecule has 50 valence electrons. The van der Waals surface area contributed by atoms with E-state index in [0.717, 1.165) is 10.2 Å². The largest absolute Gasteiger partial charge is 0.398 e. The van der Waals surface area contributed by atoms with Crippen LogP contribution in [0.4, 0.5) is 5.69 Å². The van der Waals surface area contributed by atoms with Crippen molar-refractivity contribution in [1.82, 2.24) is 0 Å². The molecule has 0 saturated heterocycles. The van der Waals surface area contributed by atoms with Gasteiger partial charge in [-0.3, -0.25) is 0 Å². The number of halogens is 2. The van der Waals surface area contributed by atoms with Gasteiger partial charge in [0.05, 0.1) is 0 Å². The molecular formula is C6H7Br2N. The molecule has 0 spiro atoms. The molecule has 1 aromatic rings. The molecule has 0 aliphatic rings. The molecule has 0 heterocycles. The highest BCUT2D eigenvalue weighted by Gasteiger charge is 1.86. The molecule has 0 atom stereocenters. The topological polar surface area (TPSA) is 26.0 Å². The highest BCUT2D eigenvalue weighted by molar-refractivity contribution is 9.10. The zero-order valence-corrected chi connectivity index (χ0v) is 7.97. The standard InChI is InChI=1S/C6H6BrN.BrH/c7-5-3-1-2-4-6(5)8;/h1-4H,8H2;1H. The van der Waals surface area contributed by atoms with E-state index in [1.54, 1.807) is 0 Å². The minimum Gasteiger partial charge on any atom is -0.398 e. The Morgan fingerprint density at radius 3 is 2.11 bits per heavy atom. The Bertz CT molecular complexity index is 167. The van der Waals surface area contributed by atoms with Gasteiger partial charge in [-0.25, -0.2) is 0 Å². The summed E-state index contributed by atoms with van der Waals surface area (Å²) in [5, 5.41) is 0. The van der Waals surface area contributed by atoms with Crippen LogP contribution in [0.25, 0.3) is 0 Å². The molecule has 0 aromatic heterocycles. The van der Waals surface area contributed by atoms with Gasteiger partial charge in [0.1, 0.15) is 0 Å². The molecule has 3 heteroatoms. The Labute approximate surface area is 73.2 Å². The van der Waals surface area contributed by atoms with Crippen molar-refractivity contribution in [3.63, 3.8) is 0 Å². The van der Waals surface area contributed by atoms with E-state index < -0.39 is 0 Å². The SMILES string of the molecule is Br.Nc1ccccc1Br. The number of para-hydroxylation sites is 1. The molecule has 0 fully saturated rings. The molecule has 1 nitrogen and oxygen atoms in total. The molecule has 1 rings (SSSR count). The summed E-state index contributed by atoms with van der Waals surface area (Å²) >= 11 is 3.27. The summed E-state index contributed by atoms with van der Waals surface area (Å²) in [6, 6.07) is 7.60. The second kappa shape index (κ2) is 3.90. The maximum Gasteiger partial charge on any atom is 0.0458 e. The average molecular weight is 253 g/mol. The fourth-order valence-corrected chi connectivity index (χ4v) is 0.760. The third-order valence-electron chi connectivity index (χ3n) is 0.905. The van der Waals surface area contributed by atoms with Gasteiger partial charge in [-0.1, -0.05) is 12.1 Å². The van der Waals surface area contributed by atoms with E-state index in [-0.39, 0.29) is 17.0 Å². The minimum atomic E-state index is 0. The summed E-state index contributed by atoms with van der Waals surface area (Å²) in [6.07, 6.45) is 0. The van der Waals surface area contributed by atoms with Crippen LogP contribution in [0.1, 0.15) is 0 Å². The van der Waals surface area contributed by atoms with Crippen molar-refractivity contribution in [2.24, 2.45) is 0 Å². The van der Waals surface area contributed by atoms with Gasteiger partial charge < -0.3 is 5.73 Å². The first kappa shape index (κ1) is 8.98. The first-order valence-electron chi connectivity index (χ1n) is 2.31. The monoisotopic (exact) mass is 251 g/mol. The second-order valence-electron chi connectivity index (χ2n) is 1.52. The fourth-order valence-electron chi connectivity index (χ4n) is 0.475. The Morgan fingerprint density at radius 2 is 1.78 bits per heavy atom. The molecule has 0 amide bonds. The van der Waals surface area contributed by atoms with Crippen LogP contribution in [0.2, 0.25) is 0 Å². The molecule has 1 aromatic carbocycles. The van der Waals surface area contributed by atoms with Crippen LogP contribution in [0.15, 0.2) is 28.7 Å². The van der Waals surface area contributed by atoms with Crippen molar-refractivity contribution in [2.45, 2.75) is 0 Å². The van der Waals surface area contributed by atoms with E-state index in [4.69, 9.17) is 5.73 Å². The third-order valence-corrected chi connectivity index (χ3v) is 1.63. The fraction of sp³-hybridized carbons (Fsp3) is 0. The van der Waals surface area contributed by atoms with Crippen molar-refractivity contribution in [2.75, 3.05) is 5.73 Å². The molecule has 0 radical (unpaired) electrons. The molecule has 0 aliphatic heterocycles. The van der Waals surface area contributed by atoms with Crippen molar-refractivity contribution in [1.29, 1.82) is 0 Å². The quantitative estimate of drug-likeness (QED) is 0.706. The zero-order valence-electron chi connectivity index (χ0n) is 4.67. The lowest BCUT2D eigenvalue weighted by Gasteiger charge is -1.91. The van der Waals surface area contributed by atoms with E-state index in [2.05, 4.69) is 15.9 Å². The van der Waals surface area contributed by atoms with Gasteiger partial charge in [-0.15, -0.1) is 17.0 Å². The van der Waals surface area contributed by atoms with Crippen molar-refractivity contribution < 1.29 is 0 Å². The van der Waals surface area contributed by atoms with Crippen LogP contribution in [0, 0.1) is 0 Å². The normalized spacial score (nSPS) is 8.11. The first-order valence-corrected chi connectivity index (χ1v) is 3.10. The van der Waals surface area contributed by atoms with Crippen LogP contribution < -0.4 is 5.73 Å². The van der Waals surface area contributed by atoms with Crippen LogP contribution in [0.5, 0.6) is 0 Å². The second-order valence-corrected chi connectivity index (χ2v) is 2.38. The molecule has 0 bridgehead atoms. The smallest absolute Gasteiger partial charge is 0.0458 e. The first-order chi connectivity index (χ1) is 3.80. The zero-order chi connectivity index (χ0) is 5.98. The summed E-state index contributed by atoms with van der Waals surface area (Å²) in [6.45, 7) is 0. The molecule has 0 unspecified atom stereocenters. The summed E-state index contributed by atoms with van der Waals surface area (Å²) in [7, 11) is 0. The number of nitrogens with two attached hydrogens (primary N) is 1. The number of benzene rings is 1. The molecular weight excluding hydrogens is 246 g/mol. The van der Waals surface area contributed by atoms with Gasteiger partial charge in [-0.05, 0) is 28.1 Å². The lowest BCUT2D eigenvalue weighted by molar-refractivity contribution is 1.63. The van der Waals surface area contributed by atoms with Gasteiger partial charge in [0.25, 0.3) is 0 Å². The Hall–Kier alpha value is -0.0200. The average Bonchev–Trinajstić information content (AvgIpc) is 1.77. The van der Waals surface area contributed by atoms with E-state index in [9.17, 15) is 0 Å². The molecule has 9 heavy (non-hydrogen) atoms. The van der Waals surface area contributed by atoms with E-state index in [0.29, 0.717) is 0 Å². The Morgan fingerprint density at radius 1 is 1.22 bits per heavy atom. The van der Waals surface area contributed by atoms with Gasteiger partial charge in [0.15, 0.2) is 0 Å². The Kier molecular flexibility index (Phi) is 3.89. The number of nitrogen functional groups attached to an aromatic ring is 1. The lowest BCUT2D eigenvalue weighted by Crippen LogP contribution is -1.82. The van der Waals surface area contributed by atoms with Crippen LogP contribution >= 0.6 is 32.9 Å². The summed E-state index contributed by atoms with van der Waals surface area (Å²) in [4.78, 5) is 0. The van der Waals surface area contributed by atoms with Crippen molar-refractivity contribution >= 4 is 38.6 Å². The lowest BCUT2D eigenvalue weighted by atomic mass is 10.3. The highest BCUT2D eigenvalue weighted by Crippen LogP contribution is 2.16. The van der Waals surface area contributed by atoms with Gasteiger partial charge in [0, 0.05) is 10.2 Å². The number of rotatable bonds is 0. The van der Waals surface area contributed by atoms with Gasteiger partial charge >= 0.3 is 0 Å². The molecule has 0 aliphatic carbocycles. The Balaban J connectivity index is 0.000000640. The van der Waals surface area contributed by atoms with Crippen molar-refractivity contribution in [3.05, 3.63) is 28.7 Å². The summed E-state index contributed by atoms with van der Waals surface area (Å²) in [5.74, 6) is 0. The van der Waals surface area contributed by atoms with Crippen LogP contribution in [-0.4, -0.2) is 0 Å². The predicted octanol–water partition coefficient (Wildman–Crippen LogP) is 2.61. The van der Waals surface area contributed by atoms with Gasteiger partial charge in [-0.2, -0.15) is 0 Å². The number of anilines is 1. The maximum absolute atomic E-state index is 5.47. The van der Waals surface area contributed by atoms with Crippen LogP contribution in [0.3, 0.4) is 0 Å². The minimum absolute atomic E-state index is 0. The predicted molar refractivity (Wildman–Crippen MR) is 48.9 cm³/mol. The number of hydrogen-bond donors (Lipinski definition) is 1. The number of hydrogen-bond acceptors (Lipinski definition) is 1. The van der Waals surface area contributed by atoms with E-state index in [1.807, 2.05) is 24.3 Å². The third kappa shape index (κ3) is 2.37.